The molecule has 0 radical (unpaired) electrons. The fourth-order valence-electron chi connectivity index (χ4n) is 3.76. The minimum atomic E-state index is -3.52. The van der Waals surface area contributed by atoms with Crippen molar-refractivity contribution >= 4 is 33.6 Å². The molecule has 1 saturated heterocycles. The molecule has 6 nitrogen and oxygen atoms in total. The first-order valence-corrected chi connectivity index (χ1v) is 12.4. The second kappa shape index (κ2) is 11.0. The predicted molar refractivity (Wildman–Crippen MR) is 124 cm³/mol. The van der Waals surface area contributed by atoms with Gasteiger partial charge in [-0.25, -0.2) is 17.5 Å². The number of benzene rings is 2. The lowest BCUT2D eigenvalue weighted by atomic mass is 10.0. The van der Waals surface area contributed by atoms with Gasteiger partial charge in [0.1, 0.15) is 5.82 Å². The zero-order chi connectivity index (χ0) is 23.1. The maximum Gasteiger partial charge on any atom is 0.244 e. The zero-order valence-electron chi connectivity index (χ0n) is 17.9. The molecule has 0 saturated carbocycles. The number of carbonyl (C=O) groups is 1. The van der Waals surface area contributed by atoms with E-state index in [4.69, 9.17) is 11.6 Å². The Bertz CT molecular complexity index is 1050. The summed E-state index contributed by atoms with van der Waals surface area (Å²) in [5.74, 6) is -0.710. The molecule has 0 bridgehead atoms. The van der Waals surface area contributed by atoms with E-state index in [1.54, 1.807) is 37.3 Å². The van der Waals surface area contributed by atoms with Crippen LogP contribution in [0.2, 0.25) is 5.02 Å². The molecule has 2 aromatic carbocycles. The number of likely N-dealkylation sites (tertiary alicyclic amines) is 1. The van der Waals surface area contributed by atoms with Crippen LogP contribution in [-0.2, 0) is 14.8 Å². The highest BCUT2D eigenvalue weighted by Crippen LogP contribution is 2.31. The lowest BCUT2D eigenvalue weighted by molar-refractivity contribution is -0.116. The third-order valence-electron chi connectivity index (χ3n) is 5.34. The summed E-state index contributed by atoms with van der Waals surface area (Å²) < 4.78 is 41.0. The standard InChI is InChI=1S/C23H27ClFN3O3S/c1-2-27-32(30,31)18-11-8-17(9-12-18)10-13-22(29)26-16-21(28-14-3-4-15-28)23-19(24)6-5-7-20(23)25/h5-13,21,27H,2-4,14-16H2,1H3,(H,26,29)/b13-10+. The molecular formula is C23H27ClFN3O3S. The van der Waals surface area contributed by atoms with Crippen molar-refractivity contribution in [3.63, 3.8) is 0 Å². The molecule has 2 aromatic rings. The summed E-state index contributed by atoms with van der Waals surface area (Å²) in [7, 11) is -3.52. The van der Waals surface area contributed by atoms with E-state index in [9.17, 15) is 17.6 Å². The van der Waals surface area contributed by atoms with Crippen molar-refractivity contribution in [3.8, 4) is 0 Å². The first kappa shape index (κ1) is 24.4. The molecule has 1 heterocycles. The number of nitrogens with zero attached hydrogens (tertiary/aromatic N) is 1. The number of sulfonamides is 1. The van der Waals surface area contributed by atoms with E-state index in [0.29, 0.717) is 22.7 Å². The van der Waals surface area contributed by atoms with Gasteiger partial charge in [0.2, 0.25) is 15.9 Å². The summed E-state index contributed by atoms with van der Waals surface area (Å²) in [6.45, 7) is 3.89. The monoisotopic (exact) mass is 479 g/mol. The Hall–Kier alpha value is -2.26. The van der Waals surface area contributed by atoms with Crippen molar-refractivity contribution in [3.05, 3.63) is 70.5 Å². The van der Waals surface area contributed by atoms with Crippen LogP contribution in [0.25, 0.3) is 6.08 Å². The lowest BCUT2D eigenvalue weighted by Gasteiger charge is -2.29. The average molecular weight is 480 g/mol. The molecule has 2 N–H and O–H groups in total. The molecule has 9 heteroatoms. The van der Waals surface area contributed by atoms with Gasteiger partial charge in [-0.05, 0) is 61.8 Å². The van der Waals surface area contributed by atoms with Gasteiger partial charge in [-0.1, -0.05) is 36.7 Å². The van der Waals surface area contributed by atoms with Crippen LogP contribution in [0, 0.1) is 5.82 Å². The molecule has 1 fully saturated rings. The molecule has 0 spiro atoms. The number of halogens is 2. The number of hydrogen-bond acceptors (Lipinski definition) is 4. The highest BCUT2D eigenvalue weighted by molar-refractivity contribution is 7.89. The van der Waals surface area contributed by atoms with E-state index >= 15 is 0 Å². The second-order valence-corrected chi connectivity index (χ2v) is 9.72. The molecule has 1 aliphatic rings. The van der Waals surface area contributed by atoms with E-state index in [1.165, 1.54) is 24.3 Å². The van der Waals surface area contributed by atoms with Crippen LogP contribution in [-0.4, -0.2) is 45.4 Å². The van der Waals surface area contributed by atoms with Crippen molar-refractivity contribution in [1.29, 1.82) is 0 Å². The van der Waals surface area contributed by atoms with Gasteiger partial charge >= 0.3 is 0 Å². The first-order chi connectivity index (χ1) is 15.3. The molecule has 0 aromatic heterocycles. The van der Waals surface area contributed by atoms with Gasteiger partial charge in [0.05, 0.1) is 10.9 Å². The van der Waals surface area contributed by atoms with Crippen molar-refractivity contribution in [2.24, 2.45) is 0 Å². The molecule has 1 amide bonds. The molecule has 1 unspecified atom stereocenters. The molecular weight excluding hydrogens is 453 g/mol. The summed E-state index contributed by atoms with van der Waals surface area (Å²) in [4.78, 5) is 14.7. The number of rotatable bonds is 9. The summed E-state index contributed by atoms with van der Waals surface area (Å²) in [6.07, 6.45) is 5.02. The number of amides is 1. The fraction of sp³-hybridized carbons (Fsp3) is 0.348. The van der Waals surface area contributed by atoms with Crippen LogP contribution in [0.1, 0.15) is 36.9 Å². The maximum atomic E-state index is 14.5. The largest absolute Gasteiger partial charge is 0.351 e. The highest BCUT2D eigenvalue weighted by atomic mass is 35.5. The van der Waals surface area contributed by atoms with Crippen molar-refractivity contribution < 1.29 is 17.6 Å². The van der Waals surface area contributed by atoms with Crippen LogP contribution in [0.3, 0.4) is 0 Å². The van der Waals surface area contributed by atoms with Crippen LogP contribution >= 0.6 is 11.6 Å². The predicted octanol–water partition coefficient (Wildman–Crippen LogP) is 3.74. The van der Waals surface area contributed by atoms with Crippen LogP contribution in [0.5, 0.6) is 0 Å². The molecule has 3 rings (SSSR count). The Morgan fingerprint density at radius 1 is 1.19 bits per heavy atom. The fourth-order valence-corrected chi connectivity index (χ4v) is 5.09. The second-order valence-electron chi connectivity index (χ2n) is 7.54. The molecule has 1 aliphatic heterocycles. The van der Waals surface area contributed by atoms with Gasteiger partial charge in [0, 0.05) is 29.8 Å². The van der Waals surface area contributed by atoms with Gasteiger partial charge in [-0.2, -0.15) is 0 Å². The number of carbonyl (C=O) groups excluding carboxylic acids is 1. The minimum Gasteiger partial charge on any atom is -0.351 e. The van der Waals surface area contributed by atoms with E-state index in [2.05, 4.69) is 14.9 Å². The van der Waals surface area contributed by atoms with E-state index in [1.807, 2.05) is 0 Å². The van der Waals surface area contributed by atoms with E-state index in [0.717, 1.165) is 25.9 Å². The normalized spacial score (nSPS) is 15.8. The average Bonchev–Trinajstić information content (AvgIpc) is 3.29. The highest BCUT2D eigenvalue weighted by Gasteiger charge is 2.27. The van der Waals surface area contributed by atoms with Crippen molar-refractivity contribution in [2.75, 3.05) is 26.2 Å². The Balaban J connectivity index is 1.66. The van der Waals surface area contributed by atoms with Crippen LogP contribution in [0.4, 0.5) is 4.39 Å². The first-order valence-electron chi connectivity index (χ1n) is 10.6. The van der Waals surface area contributed by atoms with Crippen molar-refractivity contribution in [1.82, 2.24) is 14.9 Å². The molecule has 32 heavy (non-hydrogen) atoms. The Labute approximate surface area is 193 Å². The summed E-state index contributed by atoms with van der Waals surface area (Å²) in [5.41, 5.74) is 1.08. The Morgan fingerprint density at radius 2 is 1.88 bits per heavy atom. The third-order valence-corrected chi connectivity index (χ3v) is 7.23. The number of nitrogens with one attached hydrogen (secondary N) is 2. The Morgan fingerprint density at radius 3 is 2.50 bits per heavy atom. The van der Waals surface area contributed by atoms with Gasteiger partial charge in [0.15, 0.2) is 0 Å². The smallest absolute Gasteiger partial charge is 0.244 e. The molecule has 1 atom stereocenters. The third kappa shape index (κ3) is 6.16. The summed E-state index contributed by atoms with van der Waals surface area (Å²) >= 11 is 6.28. The van der Waals surface area contributed by atoms with Crippen LogP contribution < -0.4 is 10.0 Å². The summed E-state index contributed by atoms with van der Waals surface area (Å²) in [6, 6.07) is 10.5. The van der Waals surface area contributed by atoms with E-state index in [-0.39, 0.29) is 29.2 Å². The molecule has 0 aliphatic carbocycles. The van der Waals surface area contributed by atoms with E-state index < -0.39 is 10.0 Å². The SMILES string of the molecule is CCNS(=O)(=O)c1ccc(/C=C/C(=O)NCC(c2c(F)cccc2Cl)N2CCCC2)cc1. The van der Waals surface area contributed by atoms with Gasteiger partial charge in [-0.3, -0.25) is 9.69 Å². The van der Waals surface area contributed by atoms with Gasteiger partial charge in [0.25, 0.3) is 0 Å². The number of hydrogen-bond donors (Lipinski definition) is 2. The van der Waals surface area contributed by atoms with Gasteiger partial charge < -0.3 is 5.32 Å². The summed E-state index contributed by atoms with van der Waals surface area (Å²) in [5, 5.41) is 3.18. The minimum absolute atomic E-state index is 0.163. The quantitative estimate of drug-likeness (QED) is 0.537. The topological polar surface area (TPSA) is 78.5 Å². The zero-order valence-corrected chi connectivity index (χ0v) is 19.4. The maximum absolute atomic E-state index is 14.5. The molecule has 172 valence electrons. The van der Waals surface area contributed by atoms with Crippen molar-refractivity contribution in [2.45, 2.75) is 30.7 Å². The lowest BCUT2D eigenvalue weighted by Crippen LogP contribution is -2.36. The van der Waals surface area contributed by atoms with Crippen LogP contribution in [0.15, 0.2) is 53.4 Å². The van der Waals surface area contributed by atoms with Gasteiger partial charge in [-0.15, -0.1) is 0 Å². The Kier molecular flexibility index (Phi) is 8.42.